The van der Waals surface area contributed by atoms with E-state index >= 15 is 0 Å². The molecule has 1 aliphatic rings. The van der Waals surface area contributed by atoms with Crippen LogP contribution in [0.2, 0.25) is 0 Å². The summed E-state index contributed by atoms with van der Waals surface area (Å²) in [6, 6.07) is 0. The number of carbonyl (C=O) groups is 1. The Bertz CT molecular complexity index is 287. The van der Waals surface area contributed by atoms with Crippen molar-refractivity contribution in [2.24, 2.45) is 5.92 Å². The predicted molar refractivity (Wildman–Crippen MR) is 78.6 cm³/mol. The number of nitrogens with zero attached hydrogens (tertiary/aromatic N) is 2. The maximum atomic E-state index is 11.7. The molecule has 0 spiro atoms. The van der Waals surface area contributed by atoms with E-state index in [1.165, 1.54) is 0 Å². The van der Waals surface area contributed by atoms with Gasteiger partial charge in [-0.1, -0.05) is 13.8 Å². The van der Waals surface area contributed by atoms with E-state index in [4.69, 9.17) is 9.84 Å². The Labute approximate surface area is 122 Å². The number of rotatable bonds is 8. The van der Waals surface area contributed by atoms with Gasteiger partial charge in [0.25, 0.3) is 0 Å². The van der Waals surface area contributed by atoms with E-state index in [9.17, 15) is 4.79 Å². The van der Waals surface area contributed by atoms with Gasteiger partial charge < -0.3 is 15.2 Å². The van der Waals surface area contributed by atoms with E-state index in [1.54, 1.807) is 4.90 Å². The molecule has 2 N–H and O–H groups in total. The van der Waals surface area contributed by atoms with Crippen molar-refractivity contribution in [1.29, 1.82) is 0 Å². The van der Waals surface area contributed by atoms with Gasteiger partial charge in [0.1, 0.15) is 0 Å². The molecule has 0 bridgehead atoms. The Morgan fingerprint density at radius 3 is 2.95 bits per heavy atom. The van der Waals surface area contributed by atoms with Crippen LogP contribution in [-0.4, -0.2) is 86.4 Å². The molecular formula is C14H29N3O3. The molecule has 0 aromatic heterocycles. The summed E-state index contributed by atoms with van der Waals surface area (Å²) in [7, 11) is 1.82. The SMILES string of the molecule is CC(C)CN1CCOC(CNC(=O)CN(C)CCO)C1. The molecule has 1 aliphatic heterocycles. The fraction of sp³-hybridized carbons (Fsp3) is 0.929. The molecule has 1 atom stereocenters. The van der Waals surface area contributed by atoms with E-state index in [1.807, 2.05) is 7.05 Å². The minimum atomic E-state index is -0.0227. The lowest BCUT2D eigenvalue weighted by Gasteiger charge is -2.34. The lowest BCUT2D eigenvalue weighted by atomic mass is 10.2. The fourth-order valence-corrected chi connectivity index (χ4v) is 2.36. The summed E-state index contributed by atoms with van der Waals surface area (Å²) in [6.07, 6.45) is 0.0783. The van der Waals surface area contributed by atoms with E-state index in [-0.39, 0.29) is 18.6 Å². The normalized spacial score (nSPS) is 20.6. The first-order valence-corrected chi connectivity index (χ1v) is 7.41. The number of ether oxygens (including phenoxy) is 1. The van der Waals surface area contributed by atoms with Crippen LogP contribution in [0.3, 0.4) is 0 Å². The molecule has 1 heterocycles. The van der Waals surface area contributed by atoms with Crippen LogP contribution in [0.4, 0.5) is 0 Å². The summed E-state index contributed by atoms with van der Waals surface area (Å²) in [5.74, 6) is 0.626. The molecule has 0 aromatic rings. The average Bonchev–Trinajstić information content (AvgIpc) is 2.36. The molecule has 1 rings (SSSR count). The zero-order valence-electron chi connectivity index (χ0n) is 13.0. The summed E-state index contributed by atoms with van der Waals surface area (Å²) >= 11 is 0. The maximum Gasteiger partial charge on any atom is 0.234 e. The number of aliphatic hydroxyl groups is 1. The molecule has 6 heteroatoms. The van der Waals surface area contributed by atoms with Crippen LogP contribution in [0, 0.1) is 5.92 Å². The second-order valence-electron chi connectivity index (χ2n) is 5.91. The van der Waals surface area contributed by atoms with E-state index in [0.717, 1.165) is 26.2 Å². The highest BCUT2D eigenvalue weighted by molar-refractivity contribution is 5.77. The van der Waals surface area contributed by atoms with Gasteiger partial charge in [-0.05, 0) is 13.0 Å². The highest BCUT2D eigenvalue weighted by atomic mass is 16.5. The van der Waals surface area contributed by atoms with Crippen LogP contribution in [0.15, 0.2) is 0 Å². The Morgan fingerprint density at radius 2 is 2.30 bits per heavy atom. The number of morpholine rings is 1. The van der Waals surface area contributed by atoms with Gasteiger partial charge in [0.05, 0.1) is 25.9 Å². The van der Waals surface area contributed by atoms with Crippen LogP contribution in [0.1, 0.15) is 13.8 Å². The minimum Gasteiger partial charge on any atom is -0.395 e. The van der Waals surface area contributed by atoms with E-state index in [2.05, 4.69) is 24.1 Å². The Balaban J connectivity index is 2.21. The van der Waals surface area contributed by atoms with Crippen LogP contribution >= 0.6 is 0 Å². The third kappa shape index (κ3) is 7.19. The molecular weight excluding hydrogens is 258 g/mol. The van der Waals surface area contributed by atoms with Gasteiger partial charge in [0, 0.05) is 32.7 Å². The molecule has 118 valence electrons. The Kier molecular flexibility index (Phi) is 8.06. The summed E-state index contributed by atoms with van der Waals surface area (Å²) in [4.78, 5) is 15.9. The Hall–Kier alpha value is -0.690. The molecule has 1 fully saturated rings. The minimum absolute atomic E-state index is 0.0227. The first kappa shape index (κ1) is 17.4. The van der Waals surface area contributed by atoms with Crippen molar-refractivity contribution < 1.29 is 14.6 Å². The number of nitrogens with one attached hydrogen (secondary N) is 1. The van der Waals surface area contributed by atoms with Crippen molar-refractivity contribution in [1.82, 2.24) is 15.1 Å². The number of likely N-dealkylation sites (N-methyl/N-ethyl adjacent to an activating group) is 1. The third-order valence-electron chi connectivity index (χ3n) is 3.27. The second kappa shape index (κ2) is 9.28. The quantitative estimate of drug-likeness (QED) is 0.623. The van der Waals surface area contributed by atoms with E-state index < -0.39 is 0 Å². The van der Waals surface area contributed by atoms with E-state index in [0.29, 0.717) is 25.6 Å². The first-order valence-electron chi connectivity index (χ1n) is 7.41. The molecule has 1 saturated heterocycles. The van der Waals surface area contributed by atoms with Gasteiger partial charge in [-0.2, -0.15) is 0 Å². The van der Waals surface area contributed by atoms with Crippen molar-refractivity contribution in [2.45, 2.75) is 20.0 Å². The molecule has 0 aliphatic carbocycles. The lowest BCUT2D eigenvalue weighted by Crippen LogP contribution is -2.49. The van der Waals surface area contributed by atoms with Crippen LogP contribution in [-0.2, 0) is 9.53 Å². The van der Waals surface area contributed by atoms with Crippen molar-refractivity contribution >= 4 is 5.91 Å². The summed E-state index contributed by atoms with van der Waals surface area (Å²) in [5, 5.41) is 11.7. The highest BCUT2D eigenvalue weighted by Gasteiger charge is 2.21. The highest BCUT2D eigenvalue weighted by Crippen LogP contribution is 2.07. The van der Waals surface area contributed by atoms with Gasteiger partial charge in [0.2, 0.25) is 5.91 Å². The number of carbonyl (C=O) groups excluding carboxylic acids is 1. The lowest BCUT2D eigenvalue weighted by molar-refractivity contribution is -0.123. The van der Waals surface area contributed by atoms with Crippen molar-refractivity contribution in [3.05, 3.63) is 0 Å². The van der Waals surface area contributed by atoms with Gasteiger partial charge in [-0.25, -0.2) is 0 Å². The van der Waals surface area contributed by atoms with Crippen LogP contribution in [0.5, 0.6) is 0 Å². The fourth-order valence-electron chi connectivity index (χ4n) is 2.36. The van der Waals surface area contributed by atoms with Crippen LogP contribution in [0.25, 0.3) is 0 Å². The average molecular weight is 287 g/mol. The molecule has 0 saturated carbocycles. The molecule has 0 aromatic carbocycles. The molecule has 20 heavy (non-hydrogen) atoms. The third-order valence-corrected chi connectivity index (χ3v) is 3.27. The number of hydrogen-bond acceptors (Lipinski definition) is 5. The number of amides is 1. The standard InChI is InChI=1S/C14H29N3O3/c1-12(2)9-17-5-7-20-13(10-17)8-15-14(19)11-16(3)4-6-18/h12-13,18H,4-11H2,1-3H3,(H,15,19). The van der Waals surface area contributed by atoms with Gasteiger partial charge >= 0.3 is 0 Å². The Morgan fingerprint density at radius 1 is 1.55 bits per heavy atom. The van der Waals surface area contributed by atoms with Gasteiger partial charge in [0.15, 0.2) is 0 Å². The largest absolute Gasteiger partial charge is 0.395 e. The van der Waals surface area contributed by atoms with Crippen molar-refractivity contribution in [3.8, 4) is 0 Å². The molecule has 1 amide bonds. The zero-order chi connectivity index (χ0) is 15.0. The molecule has 6 nitrogen and oxygen atoms in total. The van der Waals surface area contributed by atoms with Gasteiger partial charge in [-0.3, -0.25) is 14.6 Å². The smallest absolute Gasteiger partial charge is 0.234 e. The second-order valence-corrected chi connectivity index (χ2v) is 5.91. The summed E-state index contributed by atoms with van der Waals surface area (Å²) in [6.45, 7) is 9.53. The zero-order valence-corrected chi connectivity index (χ0v) is 13.0. The topological polar surface area (TPSA) is 65.0 Å². The summed E-state index contributed by atoms with van der Waals surface area (Å²) < 4.78 is 5.68. The first-order chi connectivity index (χ1) is 9.51. The summed E-state index contributed by atoms with van der Waals surface area (Å²) in [5.41, 5.74) is 0. The molecule has 1 unspecified atom stereocenters. The van der Waals surface area contributed by atoms with Crippen LogP contribution < -0.4 is 5.32 Å². The van der Waals surface area contributed by atoms with Crippen molar-refractivity contribution in [3.63, 3.8) is 0 Å². The predicted octanol–water partition coefficient (Wildman–Crippen LogP) is -0.616. The van der Waals surface area contributed by atoms with Gasteiger partial charge in [-0.15, -0.1) is 0 Å². The van der Waals surface area contributed by atoms with Crippen molar-refractivity contribution in [2.75, 3.05) is 59.5 Å². The molecule has 0 radical (unpaired) electrons. The number of aliphatic hydroxyl groups excluding tert-OH is 1. The maximum absolute atomic E-state index is 11.7. The number of hydrogen-bond donors (Lipinski definition) is 2. The monoisotopic (exact) mass is 287 g/mol.